The number of nitrogen functional groups attached to an aromatic ring is 1. The Hall–Kier alpha value is -0.970. The molecule has 2 unspecified atom stereocenters. The molecule has 0 bridgehead atoms. The Bertz CT molecular complexity index is 496. The van der Waals surface area contributed by atoms with Crippen LogP contribution in [0.2, 0.25) is 0 Å². The highest BCUT2D eigenvalue weighted by Crippen LogP contribution is 2.31. The molecule has 1 aliphatic rings. The van der Waals surface area contributed by atoms with Crippen molar-refractivity contribution < 1.29 is 0 Å². The Balaban J connectivity index is 2.28. The van der Waals surface area contributed by atoms with Gasteiger partial charge in [-0.3, -0.25) is 0 Å². The first-order valence-corrected chi connectivity index (χ1v) is 9.05. The fourth-order valence-corrected chi connectivity index (χ4v) is 3.66. The molecular formula is C16H28N4S. The van der Waals surface area contributed by atoms with Crippen LogP contribution in [0.25, 0.3) is 0 Å². The van der Waals surface area contributed by atoms with Gasteiger partial charge in [0.05, 0.1) is 0 Å². The Morgan fingerprint density at radius 2 is 1.86 bits per heavy atom. The zero-order valence-electron chi connectivity index (χ0n) is 13.9. The molecule has 1 fully saturated rings. The summed E-state index contributed by atoms with van der Waals surface area (Å²) < 4.78 is 0. The molecule has 1 aromatic rings. The van der Waals surface area contributed by atoms with Crippen molar-refractivity contribution in [1.29, 1.82) is 0 Å². The summed E-state index contributed by atoms with van der Waals surface area (Å²) in [6.07, 6.45) is 7.32. The van der Waals surface area contributed by atoms with E-state index in [0.29, 0.717) is 17.1 Å². The predicted octanol–water partition coefficient (Wildman–Crippen LogP) is 3.75. The normalized spacial score (nSPS) is 23.1. The van der Waals surface area contributed by atoms with Gasteiger partial charge in [0.1, 0.15) is 17.5 Å². The molecule has 0 spiro atoms. The van der Waals surface area contributed by atoms with Crippen molar-refractivity contribution >= 4 is 23.4 Å². The number of hydrogen-bond acceptors (Lipinski definition) is 5. The quantitative estimate of drug-likeness (QED) is 0.890. The van der Waals surface area contributed by atoms with Crippen molar-refractivity contribution in [3.8, 4) is 0 Å². The van der Waals surface area contributed by atoms with Crippen LogP contribution >= 0.6 is 11.8 Å². The summed E-state index contributed by atoms with van der Waals surface area (Å²) >= 11 is 1.96. The van der Waals surface area contributed by atoms with E-state index in [1.165, 1.54) is 25.7 Å². The molecule has 0 radical (unpaired) electrons. The van der Waals surface area contributed by atoms with Crippen LogP contribution in [0.4, 0.5) is 11.6 Å². The molecule has 3 N–H and O–H groups in total. The van der Waals surface area contributed by atoms with E-state index in [1.54, 1.807) is 0 Å². The third-order valence-electron chi connectivity index (χ3n) is 4.18. The van der Waals surface area contributed by atoms with Gasteiger partial charge in [-0.15, -0.1) is 0 Å². The fourth-order valence-electron chi connectivity index (χ4n) is 2.73. The maximum atomic E-state index is 6.09. The highest BCUT2D eigenvalue weighted by molar-refractivity contribution is 7.99. The number of hydrogen-bond donors (Lipinski definition) is 2. The third kappa shape index (κ3) is 3.82. The van der Waals surface area contributed by atoms with E-state index in [-0.39, 0.29) is 5.41 Å². The van der Waals surface area contributed by atoms with Crippen LogP contribution in [-0.2, 0) is 5.41 Å². The Morgan fingerprint density at radius 1 is 1.19 bits per heavy atom. The van der Waals surface area contributed by atoms with Crippen molar-refractivity contribution in [1.82, 2.24) is 9.97 Å². The average Bonchev–Trinajstić information content (AvgIpc) is 2.43. The molecule has 21 heavy (non-hydrogen) atoms. The Labute approximate surface area is 132 Å². The molecule has 118 valence electrons. The molecule has 0 amide bonds. The number of aromatic nitrogens is 2. The lowest BCUT2D eigenvalue weighted by Crippen LogP contribution is -2.35. The van der Waals surface area contributed by atoms with Crippen LogP contribution in [0.1, 0.15) is 57.8 Å². The summed E-state index contributed by atoms with van der Waals surface area (Å²) in [7, 11) is 0. The number of thioether (sulfide) groups is 1. The van der Waals surface area contributed by atoms with Gasteiger partial charge in [-0.2, -0.15) is 11.8 Å². The highest BCUT2D eigenvalue weighted by atomic mass is 32.2. The molecule has 4 nitrogen and oxygen atoms in total. The maximum absolute atomic E-state index is 6.09. The molecular weight excluding hydrogens is 280 g/mol. The van der Waals surface area contributed by atoms with E-state index in [2.05, 4.69) is 37.3 Å². The molecule has 1 aliphatic carbocycles. The van der Waals surface area contributed by atoms with Gasteiger partial charge in [-0.1, -0.05) is 33.6 Å². The lowest BCUT2D eigenvalue weighted by molar-refractivity contribution is 0.473. The zero-order chi connectivity index (χ0) is 15.6. The first kappa shape index (κ1) is 16.4. The Kier molecular flexibility index (Phi) is 5.02. The van der Waals surface area contributed by atoms with Gasteiger partial charge in [0.25, 0.3) is 0 Å². The molecule has 2 atom stereocenters. The van der Waals surface area contributed by atoms with Gasteiger partial charge in [0.15, 0.2) is 0 Å². The first-order chi connectivity index (χ1) is 9.82. The number of nitrogens with zero attached hydrogens (tertiary/aromatic N) is 2. The summed E-state index contributed by atoms with van der Waals surface area (Å²) in [6, 6.07) is 0.481. The Morgan fingerprint density at radius 3 is 2.48 bits per heavy atom. The van der Waals surface area contributed by atoms with Crippen LogP contribution in [0.3, 0.4) is 0 Å². The second kappa shape index (κ2) is 6.42. The molecule has 0 saturated heterocycles. The van der Waals surface area contributed by atoms with Crippen molar-refractivity contribution in [3.05, 3.63) is 11.4 Å². The summed E-state index contributed by atoms with van der Waals surface area (Å²) in [5.41, 5.74) is 6.97. The minimum atomic E-state index is -0.0935. The molecule has 5 heteroatoms. The smallest absolute Gasteiger partial charge is 0.138 e. The predicted molar refractivity (Wildman–Crippen MR) is 93.1 cm³/mol. The van der Waals surface area contributed by atoms with Crippen molar-refractivity contribution in [3.63, 3.8) is 0 Å². The first-order valence-electron chi connectivity index (χ1n) is 7.77. The lowest BCUT2D eigenvalue weighted by Gasteiger charge is -2.32. The van der Waals surface area contributed by atoms with Crippen molar-refractivity contribution in [2.45, 2.75) is 70.1 Å². The number of anilines is 2. The highest BCUT2D eigenvalue weighted by Gasteiger charge is 2.26. The number of nitrogens with one attached hydrogen (secondary N) is 1. The van der Waals surface area contributed by atoms with Crippen LogP contribution in [0.15, 0.2) is 0 Å². The minimum Gasteiger partial charge on any atom is -0.383 e. The van der Waals surface area contributed by atoms with Gasteiger partial charge < -0.3 is 11.1 Å². The van der Waals surface area contributed by atoms with E-state index >= 15 is 0 Å². The SMILES string of the molecule is CSC1CCCCC1Nc1nc(C(C)(C)C)nc(N)c1C. The number of rotatable bonds is 3. The van der Waals surface area contributed by atoms with Crippen LogP contribution in [0, 0.1) is 6.92 Å². The van der Waals surface area contributed by atoms with Gasteiger partial charge in [0, 0.05) is 22.3 Å². The van der Waals surface area contributed by atoms with Gasteiger partial charge >= 0.3 is 0 Å². The van der Waals surface area contributed by atoms with E-state index < -0.39 is 0 Å². The summed E-state index contributed by atoms with van der Waals surface area (Å²) in [5.74, 6) is 2.32. The van der Waals surface area contributed by atoms with E-state index in [9.17, 15) is 0 Å². The molecule has 0 aromatic carbocycles. The van der Waals surface area contributed by atoms with Crippen LogP contribution in [0.5, 0.6) is 0 Å². The molecule has 1 aromatic heterocycles. The summed E-state index contributed by atoms with van der Waals surface area (Å²) in [4.78, 5) is 9.21. The standard InChI is InChI=1S/C16H28N4S/c1-10-13(17)19-15(16(2,3)4)20-14(10)18-11-8-6-7-9-12(11)21-5/h11-12H,6-9H2,1-5H3,(H3,17,18,19,20). The minimum absolute atomic E-state index is 0.0935. The van der Waals surface area contributed by atoms with Gasteiger partial charge in [0.2, 0.25) is 0 Å². The third-order valence-corrected chi connectivity index (χ3v) is 5.35. The van der Waals surface area contributed by atoms with Crippen molar-refractivity contribution in [2.24, 2.45) is 0 Å². The van der Waals surface area contributed by atoms with E-state index in [0.717, 1.165) is 17.2 Å². The molecule has 1 saturated carbocycles. The molecule has 1 heterocycles. The fraction of sp³-hybridized carbons (Fsp3) is 0.750. The van der Waals surface area contributed by atoms with Gasteiger partial charge in [-0.25, -0.2) is 9.97 Å². The second-order valence-corrected chi connectivity index (χ2v) is 8.04. The molecule has 2 rings (SSSR count). The topological polar surface area (TPSA) is 63.8 Å². The molecule has 0 aliphatic heterocycles. The summed E-state index contributed by atoms with van der Waals surface area (Å²) in [6.45, 7) is 8.35. The van der Waals surface area contributed by atoms with Crippen LogP contribution < -0.4 is 11.1 Å². The van der Waals surface area contributed by atoms with Crippen LogP contribution in [-0.4, -0.2) is 27.5 Å². The van der Waals surface area contributed by atoms with Crippen molar-refractivity contribution in [2.75, 3.05) is 17.3 Å². The average molecular weight is 308 g/mol. The van der Waals surface area contributed by atoms with E-state index in [4.69, 9.17) is 10.7 Å². The zero-order valence-corrected chi connectivity index (χ0v) is 14.7. The maximum Gasteiger partial charge on any atom is 0.138 e. The largest absolute Gasteiger partial charge is 0.383 e. The lowest BCUT2D eigenvalue weighted by atomic mass is 9.94. The monoisotopic (exact) mass is 308 g/mol. The van der Waals surface area contributed by atoms with E-state index in [1.807, 2.05) is 18.7 Å². The summed E-state index contributed by atoms with van der Waals surface area (Å²) in [5, 5.41) is 4.31. The number of nitrogens with two attached hydrogens (primary N) is 1. The van der Waals surface area contributed by atoms with Gasteiger partial charge in [-0.05, 0) is 26.0 Å². The second-order valence-electron chi connectivity index (χ2n) is 6.97.